The van der Waals surface area contributed by atoms with Crippen molar-refractivity contribution in [1.82, 2.24) is 0 Å². The lowest BCUT2D eigenvalue weighted by atomic mass is 9.80. The zero-order chi connectivity index (χ0) is 12.1. The molecule has 88 valence electrons. The molecule has 0 radical (unpaired) electrons. The maximum Gasteiger partial charge on any atom is 0.321 e. The van der Waals surface area contributed by atoms with Gasteiger partial charge in [0.15, 0.2) is 5.96 Å². The highest BCUT2D eigenvalue weighted by Gasteiger charge is 2.31. The van der Waals surface area contributed by atoms with E-state index in [9.17, 15) is 4.79 Å². The zero-order valence-electron chi connectivity index (χ0n) is 9.23. The van der Waals surface area contributed by atoms with Gasteiger partial charge in [-0.05, 0) is 18.3 Å². The smallest absolute Gasteiger partial charge is 0.321 e. The summed E-state index contributed by atoms with van der Waals surface area (Å²) in [6.45, 7) is 4.14. The molecule has 0 aromatic rings. The van der Waals surface area contributed by atoms with Crippen molar-refractivity contribution in [3.05, 3.63) is 0 Å². The van der Waals surface area contributed by atoms with Gasteiger partial charge in [-0.15, -0.1) is 0 Å². The summed E-state index contributed by atoms with van der Waals surface area (Å²) in [5.74, 6) is -0.933. The summed E-state index contributed by atoms with van der Waals surface area (Å²) in [6.07, 6.45) is 1.38. The molecule has 0 fully saturated rings. The monoisotopic (exact) mass is 216 g/mol. The van der Waals surface area contributed by atoms with E-state index in [-0.39, 0.29) is 5.96 Å². The average molecular weight is 216 g/mol. The first-order valence-corrected chi connectivity index (χ1v) is 4.81. The first-order chi connectivity index (χ1) is 6.77. The lowest BCUT2D eigenvalue weighted by molar-refractivity contribution is -0.141. The van der Waals surface area contributed by atoms with Crippen molar-refractivity contribution >= 4 is 11.9 Å². The van der Waals surface area contributed by atoms with Crippen molar-refractivity contribution in [3.63, 3.8) is 0 Å². The van der Waals surface area contributed by atoms with E-state index in [0.29, 0.717) is 19.4 Å². The van der Waals surface area contributed by atoms with E-state index in [1.54, 1.807) is 0 Å². The minimum absolute atomic E-state index is 0.0512. The van der Waals surface area contributed by atoms with Crippen molar-refractivity contribution in [1.29, 1.82) is 0 Å². The van der Waals surface area contributed by atoms with Gasteiger partial charge in [-0.25, -0.2) is 0 Å². The first-order valence-electron chi connectivity index (χ1n) is 4.81. The molecule has 0 spiro atoms. The van der Waals surface area contributed by atoms with Gasteiger partial charge in [0.05, 0.1) is 0 Å². The Labute approximate surface area is 89.5 Å². The average Bonchev–Trinajstić information content (AvgIpc) is 2.10. The number of nitrogens with zero attached hydrogens (tertiary/aromatic N) is 1. The summed E-state index contributed by atoms with van der Waals surface area (Å²) >= 11 is 0. The molecule has 0 saturated heterocycles. The molecule has 0 heterocycles. The number of carbonyl (C=O) groups is 1. The summed E-state index contributed by atoms with van der Waals surface area (Å²) in [7, 11) is 0. The predicted octanol–water partition coefficient (Wildman–Crippen LogP) is -0.522. The van der Waals surface area contributed by atoms with Gasteiger partial charge in [-0.1, -0.05) is 13.8 Å². The van der Waals surface area contributed by atoms with Crippen LogP contribution in [0.5, 0.6) is 0 Å². The topological polar surface area (TPSA) is 128 Å². The predicted molar refractivity (Wildman–Crippen MR) is 59.3 cm³/mol. The number of carboxylic acid groups (broad SMARTS) is 1. The van der Waals surface area contributed by atoms with Crippen LogP contribution in [0.25, 0.3) is 0 Å². The molecule has 0 saturated carbocycles. The van der Waals surface area contributed by atoms with Crippen molar-refractivity contribution in [2.24, 2.45) is 27.6 Å². The van der Waals surface area contributed by atoms with Gasteiger partial charge in [0.25, 0.3) is 0 Å². The number of nitrogens with two attached hydrogens (primary N) is 3. The minimum atomic E-state index is -0.984. The number of hydrogen-bond acceptors (Lipinski definition) is 3. The summed E-state index contributed by atoms with van der Waals surface area (Å²) in [5.41, 5.74) is 15.4. The molecule has 0 aromatic carbocycles. The van der Waals surface area contributed by atoms with Crippen LogP contribution < -0.4 is 17.2 Å². The quantitative estimate of drug-likeness (QED) is 0.270. The molecule has 0 amide bonds. The van der Waals surface area contributed by atoms with Gasteiger partial charge in [-0.2, -0.15) is 0 Å². The molecular weight excluding hydrogens is 196 g/mol. The summed E-state index contributed by atoms with van der Waals surface area (Å²) < 4.78 is 0. The van der Waals surface area contributed by atoms with Gasteiger partial charge < -0.3 is 22.3 Å². The van der Waals surface area contributed by atoms with Crippen LogP contribution in [0.15, 0.2) is 4.99 Å². The second-order valence-electron chi connectivity index (χ2n) is 4.21. The standard InChI is InChI=1S/C9H20N4O2/c1-9(2,6(10)7(14)15)4-3-5-13-8(11)12/h6H,3-5,10H2,1-2H3,(H,14,15)(H4,11,12,13). The summed E-state index contributed by atoms with van der Waals surface area (Å²) in [5, 5.41) is 8.77. The molecule has 1 unspecified atom stereocenters. The van der Waals surface area contributed by atoms with E-state index in [1.165, 1.54) is 0 Å². The highest BCUT2D eigenvalue weighted by molar-refractivity contribution is 5.75. The van der Waals surface area contributed by atoms with E-state index in [0.717, 1.165) is 0 Å². The van der Waals surface area contributed by atoms with Crippen LogP contribution in [0.3, 0.4) is 0 Å². The number of guanidine groups is 1. The largest absolute Gasteiger partial charge is 0.480 e. The van der Waals surface area contributed by atoms with Crippen LogP contribution in [0, 0.1) is 5.41 Å². The third-order valence-electron chi connectivity index (χ3n) is 2.38. The minimum Gasteiger partial charge on any atom is -0.480 e. The molecule has 0 aliphatic carbocycles. The highest BCUT2D eigenvalue weighted by atomic mass is 16.4. The van der Waals surface area contributed by atoms with E-state index in [4.69, 9.17) is 22.3 Å². The summed E-state index contributed by atoms with van der Waals surface area (Å²) in [4.78, 5) is 14.5. The van der Waals surface area contributed by atoms with Gasteiger partial charge in [0.2, 0.25) is 0 Å². The Hall–Kier alpha value is -1.30. The second kappa shape index (κ2) is 5.55. The molecule has 6 heteroatoms. The van der Waals surface area contributed by atoms with Gasteiger partial charge in [-0.3, -0.25) is 9.79 Å². The van der Waals surface area contributed by atoms with Crippen LogP contribution in [0.1, 0.15) is 26.7 Å². The third-order valence-corrected chi connectivity index (χ3v) is 2.38. The first kappa shape index (κ1) is 13.7. The molecule has 15 heavy (non-hydrogen) atoms. The number of carboxylic acids is 1. The highest BCUT2D eigenvalue weighted by Crippen LogP contribution is 2.25. The van der Waals surface area contributed by atoms with Crippen LogP contribution in [-0.2, 0) is 4.79 Å². The lowest BCUT2D eigenvalue weighted by Gasteiger charge is -2.28. The third kappa shape index (κ3) is 5.21. The number of hydrogen-bond donors (Lipinski definition) is 4. The molecule has 0 bridgehead atoms. The van der Waals surface area contributed by atoms with Crippen LogP contribution in [0.2, 0.25) is 0 Å². The molecule has 0 rings (SSSR count). The Balaban J connectivity index is 4.04. The molecule has 1 atom stereocenters. The van der Waals surface area contributed by atoms with Crippen molar-refractivity contribution in [2.75, 3.05) is 6.54 Å². The van der Waals surface area contributed by atoms with Crippen LogP contribution in [-0.4, -0.2) is 29.6 Å². The van der Waals surface area contributed by atoms with E-state index < -0.39 is 17.4 Å². The molecule has 6 nitrogen and oxygen atoms in total. The Kier molecular flexibility index (Phi) is 5.07. The van der Waals surface area contributed by atoms with Crippen molar-refractivity contribution in [3.8, 4) is 0 Å². The van der Waals surface area contributed by atoms with E-state index in [2.05, 4.69) is 4.99 Å². The molecule has 7 N–H and O–H groups in total. The van der Waals surface area contributed by atoms with Gasteiger partial charge >= 0.3 is 5.97 Å². The van der Waals surface area contributed by atoms with Crippen molar-refractivity contribution in [2.45, 2.75) is 32.7 Å². The Bertz CT molecular complexity index is 246. The molecule has 0 aliphatic heterocycles. The lowest BCUT2D eigenvalue weighted by Crippen LogP contribution is -2.44. The van der Waals surface area contributed by atoms with Crippen molar-refractivity contribution < 1.29 is 9.90 Å². The Morgan fingerprint density at radius 1 is 1.47 bits per heavy atom. The fraction of sp³-hybridized carbons (Fsp3) is 0.778. The van der Waals surface area contributed by atoms with Gasteiger partial charge in [0, 0.05) is 6.54 Å². The van der Waals surface area contributed by atoms with Gasteiger partial charge in [0.1, 0.15) is 6.04 Å². The molecule has 0 aromatic heterocycles. The fourth-order valence-electron chi connectivity index (χ4n) is 1.23. The summed E-state index contributed by atoms with van der Waals surface area (Å²) in [6, 6.07) is -0.864. The SMILES string of the molecule is CC(C)(CCCN=C(N)N)C(N)C(=O)O. The number of aliphatic imine (C=N–C) groups is 1. The number of rotatable bonds is 6. The fourth-order valence-corrected chi connectivity index (χ4v) is 1.23. The molecule has 0 aliphatic rings. The Morgan fingerprint density at radius 3 is 2.40 bits per heavy atom. The normalized spacial score (nSPS) is 13.3. The zero-order valence-corrected chi connectivity index (χ0v) is 9.23. The molecular formula is C9H20N4O2. The Morgan fingerprint density at radius 2 is 2.00 bits per heavy atom. The maximum absolute atomic E-state index is 10.7. The van der Waals surface area contributed by atoms with E-state index >= 15 is 0 Å². The van der Waals surface area contributed by atoms with Crippen LogP contribution in [0.4, 0.5) is 0 Å². The second-order valence-corrected chi connectivity index (χ2v) is 4.21. The number of aliphatic carboxylic acids is 1. The maximum atomic E-state index is 10.7. The van der Waals surface area contributed by atoms with E-state index in [1.807, 2.05) is 13.8 Å². The van der Waals surface area contributed by atoms with Crippen LogP contribution >= 0.6 is 0 Å².